The van der Waals surface area contributed by atoms with Crippen molar-refractivity contribution in [2.45, 2.75) is 371 Å². The van der Waals surface area contributed by atoms with Gasteiger partial charge in [0.2, 0.25) is 5.91 Å². The molecular formula is C65H125NO11S. The van der Waals surface area contributed by atoms with Crippen LogP contribution in [-0.2, 0) is 28.9 Å². The van der Waals surface area contributed by atoms with Crippen molar-refractivity contribution in [1.82, 2.24) is 5.32 Å². The first kappa shape index (κ1) is 74.6. The van der Waals surface area contributed by atoms with Crippen molar-refractivity contribution in [3.8, 4) is 0 Å². The lowest BCUT2D eigenvalue weighted by atomic mass is 9.99. The summed E-state index contributed by atoms with van der Waals surface area (Å²) in [6.07, 6.45) is 61.4. The van der Waals surface area contributed by atoms with Crippen LogP contribution in [0.4, 0.5) is 0 Å². The summed E-state index contributed by atoms with van der Waals surface area (Å²) >= 11 is 0. The predicted octanol–water partition coefficient (Wildman–Crippen LogP) is 16.7. The summed E-state index contributed by atoms with van der Waals surface area (Å²) in [5, 5.41) is 44.9. The number of rotatable bonds is 59. The minimum Gasteiger partial charge on any atom is -0.394 e. The van der Waals surface area contributed by atoms with E-state index in [0.717, 1.165) is 38.5 Å². The molecule has 1 amide bonds. The molecule has 0 radical (unpaired) electrons. The largest absolute Gasteiger partial charge is 0.397 e. The van der Waals surface area contributed by atoms with Gasteiger partial charge in [-0.15, -0.1) is 0 Å². The Kier molecular flexibility index (Phi) is 52.4. The summed E-state index contributed by atoms with van der Waals surface area (Å²) in [5.74, 6) is -0.258. The van der Waals surface area contributed by atoms with E-state index in [9.17, 15) is 38.2 Å². The van der Waals surface area contributed by atoms with Crippen LogP contribution in [0, 0.1) is 0 Å². The fraction of sp³-hybridized carbons (Fsp3) is 0.923. The molecule has 7 atom stereocenters. The molecule has 13 heteroatoms. The third-order valence-corrected chi connectivity index (χ3v) is 16.4. The molecule has 0 bridgehead atoms. The number of ether oxygens (including phenoxy) is 2. The molecule has 462 valence electrons. The smallest absolute Gasteiger partial charge is 0.394 e. The standard InChI is InChI=1S/C65H125NO11S/c1-3-5-7-9-11-13-15-17-18-19-20-21-22-23-24-25-26-27-28-29-30-31-32-33-34-35-36-37-38-39-40-41-42-43-45-47-49-51-53-55-61(69)66-58(59(68)54-52-50-48-46-44-16-14-12-10-8-6-4-2)57-75-65-63(71)64(77-78(72,73)74)62(70)60(56-67)76-65/h29-30,52,54,58-60,62-65,67-68,70-71H,3-28,31-51,53,55-57H2,1-2H3,(H,66,69)(H,72,73,74)/b30-29-,54-52+. The highest BCUT2D eigenvalue weighted by atomic mass is 32.3. The zero-order valence-corrected chi connectivity index (χ0v) is 51.3. The molecule has 1 saturated heterocycles. The van der Waals surface area contributed by atoms with Gasteiger partial charge in [-0.25, -0.2) is 4.18 Å². The molecule has 0 aromatic carbocycles. The number of hydrogen-bond acceptors (Lipinski definition) is 10. The Labute approximate surface area is 480 Å². The molecule has 0 aromatic rings. The van der Waals surface area contributed by atoms with Gasteiger partial charge in [0.1, 0.15) is 24.4 Å². The minimum absolute atomic E-state index is 0.258. The Bertz CT molecular complexity index is 1470. The molecule has 7 unspecified atom stereocenters. The van der Waals surface area contributed by atoms with Crippen LogP contribution in [0.5, 0.6) is 0 Å². The molecule has 1 aliphatic heterocycles. The van der Waals surface area contributed by atoms with Gasteiger partial charge in [0.25, 0.3) is 0 Å². The summed E-state index contributed by atoms with van der Waals surface area (Å²) in [6.45, 7) is 3.42. The Hall–Kier alpha value is -1.42. The number of aliphatic hydroxyl groups is 4. The highest BCUT2D eigenvalue weighted by Gasteiger charge is 2.48. The molecule has 12 nitrogen and oxygen atoms in total. The fourth-order valence-corrected chi connectivity index (χ4v) is 11.4. The number of nitrogens with one attached hydrogen (secondary N) is 1. The average Bonchev–Trinajstić information content (AvgIpc) is 3.46. The molecule has 6 N–H and O–H groups in total. The lowest BCUT2D eigenvalue weighted by Gasteiger charge is -2.41. The molecule has 1 heterocycles. The molecule has 0 aliphatic carbocycles. The second-order valence-electron chi connectivity index (χ2n) is 23.4. The summed E-state index contributed by atoms with van der Waals surface area (Å²) in [5.41, 5.74) is 0. The Morgan fingerprint density at radius 3 is 1.15 bits per heavy atom. The lowest BCUT2D eigenvalue weighted by molar-refractivity contribution is -0.298. The van der Waals surface area contributed by atoms with Crippen molar-refractivity contribution in [2.24, 2.45) is 0 Å². The SMILES string of the molecule is CCCCCCCCCCCC/C=C/C(O)C(COC1OC(CO)C(O)C(OS(=O)(=O)O)C1O)NC(=O)CCCCCCCCCCCCCCCCCCC/C=C\CCCCCCCCCCCCCCCCCCCC. The maximum atomic E-state index is 13.1. The van der Waals surface area contributed by atoms with E-state index in [1.54, 1.807) is 6.08 Å². The maximum absolute atomic E-state index is 13.1. The minimum atomic E-state index is -5.09. The van der Waals surface area contributed by atoms with E-state index in [-0.39, 0.29) is 18.9 Å². The summed E-state index contributed by atoms with van der Waals surface area (Å²) in [7, 11) is -5.09. The van der Waals surface area contributed by atoms with Gasteiger partial charge >= 0.3 is 10.4 Å². The first-order chi connectivity index (χ1) is 38.0. The van der Waals surface area contributed by atoms with E-state index in [1.165, 1.54) is 263 Å². The van der Waals surface area contributed by atoms with E-state index >= 15 is 0 Å². The van der Waals surface area contributed by atoms with Gasteiger partial charge in [-0.3, -0.25) is 9.35 Å². The monoisotopic (exact) mass is 1130 g/mol. The summed E-state index contributed by atoms with van der Waals surface area (Å²) in [4.78, 5) is 13.1. The van der Waals surface area contributed by atoms with Crippen molar-refractivity contribution in [2.75, 3.05) is 13.2 Å². The number of unbranched alkanes of at least 4 members (excludes halogenated alkanes) is 45. The lowest BCUT2D eigenvalue weighted by Crippen LogP contribution is -2.61. The molecule has 1 fully saturated rings. The quantitative estimate of drug-likeness (QED) is 0.0193. The van der Waals surface area contributed by atoms with E-state index in [0.29, 0.717) is 6.42 Å². The van der Waals surface area contributed by atoms with Crippen LogP contribution in [0.15, 0.2) is 24.3 Å². The zero-order chi connectivity index (χ0) is 56.8. The van der Waals surface area contributed by atoms with Crippen LogP contribution in [0.25, 0.3) is 0 Å². The van der Waals surface area contributed by atoms with Crippen LogP contribution in [0.2, 0.25) is 0 Å². The van der Waals surface area contributed by atoms with E-state index in [1.807, 2.05) is 6.08 Å². The molecule has 78 heavy (non-hydrogen) atoms. The third kappa shape index (κ3) is 46.1. The first-order valence-corrected chi connectivity index (χ1v) is 34.6. The molecule has 0 spiro atoms. The van der Waals surface area contributed by atoms with Crippen molar-refractivity contribution >= 4 is 16.3 Å². The number of carbonyl (C=O) groups excluding carboxylic acids is 1. The Morgan fingerprint density at radius 2 is 0.821 bits per heavy atom. The van der Waals surface area contributed by atoms with Crippen LogP contribution in [-0.4, -0.2) is 95.4 Å². The summed E-state index contributed by atoms with van der Waals surface area (Å²) < 4.78 is 47.8. The normalized spacial score (nSPS) is 18.9. The first-order valence-electron chi connectivity index (χ1n) is 33.2. The van der Waals surface area contributed by atoms with Crippen LogP contribution in [0.3, 0.4) is 0 Å². The number of aliphatic hydroxyl groups excluding tert-OH is 4. The second-order valence-corrected chi connectivity index (χ2v) is 24.5. The van der Waals surface area contributed by atoms with Gasteiger partial charge in [0, 0.05) is 6.42 Å². The fourth-order valence-electron chi connectivity index (χ4n) is 10.9. The molecule has 1 aliphatic rings. The number of hydrogen-bond donors (Lipinski definition) is 6. The van der Waals surface area contributed by atoms with Crippen LogP contribution >= 0.6 is 0 Å². The average molecular weight is 1130 g/mol. The van der Waals surface area contributed by atoms with Gasteiger partial charge in [-0.1, -0.05) is 301 Å². The molecular weight excluding hydrogens is 1000 g/mol. The van der Waals surface area contributed by atoms with Crippen molar-refractivity contribution in [3.05, 3.63) is 24.3 Å². The Morgan fingerprint density at radius 1 is 0.500 bits per heavy atom. The number of allylic oxidation sites excluding steroid dienone is 3. The molecule has 0 saturated carbocycles. The molecule has 1 rings (SSSR count). The maximum Gasteiger partial charge on any atom is 0.397 e. The van der Waals surface area contributed by atoms with Gasteiger partial charge in [0.15, 0.2) is 6.29 Å². The van der Waals surface area contributed by atoms with Crippen molar-refractivity contribution in [3.63, 3.8) is 0 Å². The highest BCUT2D eigenvalue weighted by Crippen LogP contribution is 2.26. The highest BCUT2D eigenvalue weighted by molar-refractivity contribution is 7.80. The number of carbonyl (C=O) groups is 1. The Balaban J connectivity index is 2.11. The van der Waals surface area contributed by atoms with E-state index in [2.05, 4.69) is 35.5 Å². The summed E-state index contributed by atoms with van der Waals surface area (Å²) in [6, 6.07) is -0.941. The van der Waals surface area contributed by atoms with Gasteiger partial charge in [-0.05, 0) is 44.9 Å². The van der Waals surface area contributed by atoms with Gasteiger partial charge in [0.05, 0.1) is 25.4 Å². The zero-order valence-electron chi connectivity index (χ0n) is 50.5. The molecule has 0 aromatic heterocycles. The topological polar surface area (TPSA) is 192 Å². The van der Waals surface area contributed by atoms with Gasteiger partial charge in [-0.2, -0.15) is 8.42 Å². The van der Waals surface area contributed by atoms with Crippen molar-refractivity contribution in [1.29, 1.82) is 0 Å². The third-order valence-electron chi connectivity index (χ3n) is 16.0. The van der Waals surface area contributed by atoms with E-state index in [4.69, 9.17) is 9.47 Å². The van der Waals surface area contributed by atoms with Gasteiger partial charge < -0.3 is 35.2 Å². The van der Waals surface area contributed by atoms with Crippen LogP contribution in [0.1, 0.15) is 328 Å². The number of amides is 1. The van der Waals surface area contributed by atoms with Crippen LogP contribution < -0.4 is 5.32 Å². The van der Waals surface area contributed by atoms with Crippen molar-refractivity contribution < 1.29 is 51.8 Å². The predicted molar refractivity (Wildman–Crippen MR) is 324 cm³/mol. The van der Waals surface area contributed by atoms with E-state index < -0.39 is 59.9 Å². The second kappa shape index (κ2) is 54.8.